The van der Waals surface area contributed by atoms with Crippen molar-refractivity contribution in [3.05, 3.63) is 17.5 Å². The molecule has 0 aliphatic carbocycles. The molecule has 6 heteroatoms. The van der Waals surface area contributed by atoms with Crippen LogP contribution in [0.25, 0.3) is 0 Å². The second kappa shape index (κ2) is 7.80. The summed E-state index contributed by atoms with van der Waals surface area (Å²) in [5.41, 5.74) is 0.843. The van der Waals surface area contributed by atoms with Crippen molar-refractivity contribution in [3.63, 3.8) is 0 Å². The SMILES string of the molecule is CCc1cc(C(=O)N2CCCC3(CCC(=O)N(CCC(C)C)C3)C2)on1. The number of rotatable bonds is 5. The Labute approximate surface area is 155 Å². The third-order valence-corrected chi connectivity index (χ3v) is 5.81. The lowest BCUT2D eigenvalue weighted by atomic mass is 9.73. The van der Waals surface area contributed by atoms with Gasteiger partial charge in [0, 0.05) is 44.1 Å². The van der Waals surface area contributed by atoms with Crippen molar-refractivity contribution in [1.29, 1.82) is 0 Å². The van der Waals surface area contributed by atoms with Gasteiger partial charge in [-0.25, -0.2) is 0 Å². The van der Waals surface area contributed by atoms with Crippen molar-refractivity contribution >= 4 is 11.8 Å². The highest BCUT2D eigenvalue weighted by molar-refractivity contribution is 5.91. The molecular weight excluding hydrogens is 330 g/mol. The molecular formula is C20H31N3O3. The van der Waals surface area contributed by atoms with E-state index in [1.165, 1.54) is 0 Å². The topological polar surface area (TPSA) is 66.7 Å². The number of likely N-dealkylation sites (tertiary alicyclic amines) is 2. The summed E-state index contributed by atoms with van der Waals surface area (Å²) in [6, 6.07) is 1.75. The zero-order valence-corrected chi connectivity index (χ0v) is 16.3. The highest BCUT2D eigenvalue weighted by Gasteiger charge is 2.43. The van der Waals surface area contributed by atoms with Crippen molar-refractivity contribution in [2.45, 2.75) is 59.3 Å². The van der Waals surface area contributed by atoms with E-state index in [1.54, 1.807) is 6.07 Å². The third-order valence-electron chi connectivity index (χ3n) is 5.81. The molecule has 2 amide bonds. The molecule has 0 N–H and O–H groups in total. The van der Waals surface area contributed by atoms with Crippen molar-refractivity contribution in [1.82, 2.24) is 15.0 Å². The Morgan fingerprint density at radius 2 is 2.15 bits per heavy atom. The van der Waals surface area contributed by atoms with Crippen LogP contribution in [0.4, 0.5) is 0 Å². The Morgan fingerprint density at radius 1 is 1.35 bits per heavy atom. The van der Waals surface area contributed by atoms with Gasteiger partial charge >= 0.3 is 0 Å². The number of aryl methyl sites for hydroxylation is 1. The predicted molar refractivity (Wildman–Crippen MR) is 98.7 cm³/mol. The molecule has 0 bridgehead atoms. The first-order chi connectivity index (χ1) is 12.4. The molecule has 2 saturated heterocycles. The van der Waals surface area contributed by atoms with E-state index in [1.807, 2.05) is 16.7 Å². The highest BCUT2D eigenvalue weighted by Crippen LogP contribution is 2.39. The number of carbonyl (C=O) groups is 2. The summed E-state index contributed by atoms with van der Waals surface area (Å²) in [6.07, 6.45) is 5.33. The zero-order valence-electron chi connectivity index (χ0n) is 16.3. The Bertz CT molecular complexity index is 654. The van der Waals surface area contributed by atoms with E-state index in [9.17, 15) is 9.59 Å². The van der Waals surface area contributed by atoms with Crippen LogP contribution >= 0.6 is 0 Å². The molecule has 1 aromatic heterocycles. The summed E-state index contributed by atoms with van der Waals surface area (Å²) in [7, 11) is 0. The zero-order chi connectivity index (χ0) is 18.7. The largest absolute Gasteiger partial charge is 0.351 e. The van der Waals surface area contributed by atoms with Crippen LogP contribution in [0.1, 0.15) is 69.1 Å². The van der Waals surface area contributed by atoms with Gasteiger partial charge < -0.3 is 14.3 Å². The molecule has 3 rings (SSSR count). The summed E-state index contributed by atoms with van der Waals surface area (Å²) in [6.45, 7) is 9.43. The average Bonchev–Trinajstić information content (AvgIpc) is 3.11. The Morgan fingerprint density at radius 3 is 2.85 bits per heavy atom. The van der Waals surface area contributed by atoms with Crippen molar-refractivity contribution in [2.24, 2.45) is 11.3 Å². The van der Waals surface area contributed by atoms with Crippen molar-refractivity contribution < 1.29 is 14.1 Å². The molecule has 0 saturated carbocycles. The van der Waals surface area contributed by atoms with Gasteiger partial charge in [0.2, 0.25) is 11.7 Å². The Kier molecular flexibility index (Phi) is 5.68. The first kappa shape index (κ1) is 18.9. The normalized spacial score (nSPS) is 23.9. The quantitative estimate of drug-likeness (QED) is 0.808. The number of nitrogens with zero attached hydrogens (tertiary/aromatic N) is 3. The van der Waals surface area contributed by atoms with Crippen LogP contribution in [0.5, 0.6) is 0 Å². The van der Waals surface area contributed by atoms with Gasteiger partial charge in [-0.05, 0) is 38.0 Å². The molecule has 1 atom stereocenters. The molecule has 0 radical (unpaired) electrons. The number of piperidine rings is 2. The lowest BCUT2D eigenvalue weighted by Crippen LogP contribution is -2.55. The molecule has 1 spiro atoms. The third kappa shape index (κ3) is 4.10. The summed E-state index contributed by atoms with van der Waals surface area (Å²) in [5, 5.41) is 3.94. The van der Waals surface area contributed by atoms with E-state index >= 15 is 0 Å². The number of amides is 2. The minimum atomic E-state index is -0.0677. The van der Waals surface area contributed by atoms with Gasteiger partial charge in [0.05, 0.1) is 5.69 Å². The summed E-state index contributed by atoms with van der Waals surface area (Å²) in [4.78, 5) is 29.1. The van der Waals surface area contributed by atoms with Gasteiger partial charge in [-0.3, -0.25) is 9.59 Å². The Hall–Kier alpha value is -1.85. The molecule has 2 aliphatic rings. The lowest BCUT2D eigenvalue weighted by Gasteiger charge is -2.48. The van der Waals surface area contributed by atoms with Crippen LogP contribution in [-0.4, -0.2) is 52.9 Å². The van der Waals surface area contributed by atoms with Crippen LogP contribution in [-0.2, 0) is 11.2 Å². The van der Waals surface area contributed by atoms with Crippen LogP contribution in [0.15, 0.2) is 10.6 Å². The minimum absolute atomic E-state index is 0.0341. The molecule has 3 heterocycles. The second-order valence-electron chi connectivity index (χ2n) is 8.36. The fourth-order valence-electron chi connectivity index (χ4n) is 4.17. The monoisotopic (exact) mass is 361 g/mol. The maximum absolute atomic E-state index is 12.8. The van der Waals surface area contributed by atoms with E-state index in [2.05, 4.69) is 19.0 Å². The average molecular weight is 361 g/mol. The van der Waals surface area contributed by atoms with Crippen LogP contribution in [0, 0.1) is 11.3 Å². The number of hydrogen-bond donors (Lipinski definition) is 0. The molecule has 0 aromatic carbocycles. The molecule has 26 heavy (non-hydrogen) atoms. The molecule has 2 aliphatic heterocycles. The van der Waals surface area contributed by atoms with Gasteiger partial charge in [0.15, 0.2) is 0 Å². The van der Waals surface area contributed by atoms with Gasteiger partial charge in [-0.2, -0.15) is 0 Å². The molecule has 1 aromatic rings. The fourth-order valence-corrected chi connectivity index (χ4v) is 4.17. The maximum Gasteiger partial charge on any atom is 0.292 e. The summed E-state index contributed by atoms with van der Waals surface area (Å²) in [5.74, 6) is 1.12. The van der Waals surface area contributed by atoms with Crippen LogP contribution < -0.4 is 0 Å². The minimum Gasteiger partial charge on any atom is -0.351 e. The summed E-state index contributed by atoms with van der Waals surface area (Å²) < 4.78 is 5.24. The standard InChI is InChI=1S/C20H31N3O3/c1-4-16-12-17(26-21-16)19(25)23-10-5-8-20(14-23)9-6-18(24)22(13-20)11-7-15(2)3/h12,15H,4-11,13-14H2,1-3H3. The molecule has 2 fully saturated rings. The van der Waals surface area contributed by atoms with E-state index in [0.29, 0.717) is 24.6 Å². The smallest absolute Gasteiger partial charge is 0.292 e. The predicted octanol–water partition coefficient (Wildman–Crippen LogP) is 3.13. The van der Waals surface area contributed by atoms with Gasteiger partial charge in [0.1, 0.15) is 0 Å². The van der Waals surface area contributed by atoms with Crippen molar-refractivity contribution in [2.75, 3.05) is 26.2 Å². The summed E-state index contributed by atoms with van der Waals surface area (Å²) >= 11 is 0. The van der Waals surface area contributed by atoms with E-state index < -0.39 is 0 Å². The first-order valence-electron chi connectivity index (χ1n) is 9.95. The van der Waals surface area contributed by atoms with Crippen molar-refractivity contribution in [3.8, 4) is 0 Å². The number of aromatic nitrogens is 1. The molecule has 6 nitrogen and oxygen atoms in total. The fraction of sp³-hybridized carbons (Fsp3) is 0.750. The first-order valence-corrected chi connectivity index (χ1v) is 9.95. The van der Waals surface area contributed by atoms with E-state index in [4.69, 9.17) is 4.52 Å². The Balaban J connectivity index is 1.68. The van der Waals surface area contributed by atoms with E-state index in [-0.39, 0.29) is 17.2 Å². The van der Waals surface area contributed by atoms with Gasteiger partial charge in [-0.1, -0.05) is 25.9 Å². The highest BCUT2D eigenvalue weighted by atomic mass is 16.5. The van der Waals surface area contributed by atoms with Gasteiger partial charge in [-0.15, -0.1) is 0 Å². The molecule has 144 valence electrons. The maximum atomic E-state index is 12.8. The van der Waals surface area contributed by atoms with Crippen LogP contribution in [0.3, 0.4) is 0 Å². The van der Waals surface area contributed by atoms with E-state index in [0.717, 1.165) is 57.4 Å². The second-order valence-corrected chi connectivity index (χ2v) is 8.36. The number of hydrogen-bond acceptors (Lipinski definition) is 4. The van der Waals surface area contributed by atoms with Gasteiger partial charge in [0.25, 0.3) is 5.91 Å². The molecule has 1 unspecified atom stereocenters. The lowest BCUT2D eigenvalue weighted by molar-refractivity contribution is -0.139. The van der Waals surface area contributed by atoms with Crippen LogP contribution in [0.2, 0.25) is 0 Å². The number of carbonyl (C=O) groups excluding carboxylic acids is 2.